The highest BCUT2D eigenvalue weighted by atomic mass is 19.4. The van der Waals surface area contributed by atoms with Gasteiger partial charge in [-0.05, 0) is 36.8 Å². The Kier molecular flexibility index (Phi) is 4.87. The molecule has 0 amide bonds. The van der Waals surface area contributed by atoms with Crippen LogP contribution in [0, 0.1) is 12.8 Å². The van der Waals surface area contributed by atoms with Gasteiger partial charge in [0.1, 0.15) is 5.75 Å². The normalized spacial score (nSPS) is 22.4. The predicted octanol–water partition coefficient (Wildman–Crippen LogP) is 1.81. The van der Waals surface area contributed by atoms with Gasteiger partial charge in [-0.1, -0.05) is 4.68 Å². The van der Waals surface area contributed by atoms with E-state index in [1.165, 1.54) is 6.92 Å². The number of rotatable bonds is 3. The molecule has 6 nitrogen and oxygen atoms in total. The van der Waals surface area contributed by atoms with Gasteiger partial charge in [0.25, 0.3) is 0 Å². The molecule has 29 heavy (non-hydrogen) atoms. The predicted molar refractivity (Wildman–Crippen MR) is 97.8 cm³/mol. The first kappa shape index (κ1) is 19.5. The van der Waals surface area contributed by atoms with Crippen molar-refractivity contribution >= 4 is 12.4 Å². The van der Waals surface area contributed by atoms with Crippen LogP contribution in [-0.2, 0) is 15.7 Å². The van der Waals surface area contributed by atoms with Crippen LogP contribution in [0.3, 0.4) is 0 Å². The standard InChI is InChI=1S/C20H18F3N3O3/c1-11-5-14(20(21,22)23)6-16(27)18(11)15-4-3-12-7-26(25-19(12)24-15)8-13-9-29-10-17(13)28-2/h3-8,13,17H,9-10H2,1-2H3/p+1/b26-8-/t13?,17-/m1/s1. The average Bonchev–Trinajstić information content (AvgIpc) is 3.26. The van der Waals surface area contributed by atoms with E-state index in [0.717, 1.165) is 11.3 Å². The van der Waals surface area contributed by atoms with Gasteiger partial charge in [0.05, 0.1) is 41.7 Å². The fourth-order valence-corrected chi connectivity index (χ4v) is 3.53. The van der Waals surface area contributed by atoms with Crippen molar-refractivity contribution in [3.05, 3.63) is 46.1 Å². The lowest BCUT2D eigenvalue weighted by molar-refractivity contribution is -0.425. The largest absolute Gasteiger partial charge is 0.507 e. The molecule has 1 saturated heterocycles. The Bertz CT molecular complexity index is 1090. The van der Waals surface area contributed by atoms with Gasteiger partial charge in [-0.2, -0.15) is 13.2 Å². The van der Waals surface area contributed by atoms with E-state index in [1.54, 1.807) is 30.1 Å². The summed E-state index contributed by atoms with van der Waals surface area (Å²) in [6.45, 7) is 2.56. The zero-order valence-corrected chi connectivity index (χ0v) is 15.8. The number of aromatic nitrogens is 1. The Morgan fingerprint density at radius 3 is 2.76 bits per heavy atom. The first-order chi connectivity index (χ1) is 13.8. The molecule has 3 heterocycles. The molecule has 2 atom stereocenters. The Morgan fingerprint density at radius 2 is 2.07 bits per heavy atom. The SMILES string of the molecule is CO[C@@H]1COCC1/C=[N+]1/C=c2ccc(-c3c(C)cc(C(F)(F)F)cc3O)nc2=N1. The average molecular weight is 406 g/mol. The van der Waals surface area contributed by atoms with Gasteiger partial charge < -0.3 is 14.6 Å². The Labute approximate surface area is 164 Å². The number of methoxy groups -OCH3 is 1. The zero-order chi connectivity index (χ0) is 20.8. The summed E-state index contributed by atoms with van der Waals surface area (Å²) < 4.78 is 51.3. The van der Waals surface area contributed by atoms with Crippen molar-refractivity contribution in [3.63, 3.8) is 0 Å². The number of pyridine rings is 1. The number of alkyl halides is 3. The van der Waals surface area contributed by atoms with Crippen LogP contribution in [0.15, 0.2) is 29.4 Å². The van der Waals surface area contributed by atoms with Crippen LogP contribution < -0.4 is 10.7 Å². The van der Waals surface area contributed by atoms with E-state index in [2.05, 4.69) is 10.1 Å². The number of ether oxygens (including phenoxy) is 2. The highest BCUT2D eigenvalue weighted by molar-refractivity contribution is 5.71. The van der Waals surface area contributed by atoms with E-state index in [9.17, 15) is 18.3 Å². The molecule has 1 aromatic heterocycles. The number of phenols is 1. The molecule has 1 N–H and O–H groups in total. The molecule has 1 unspecified atom stereocenters. The Balaban J connectivity index is 1.71. The zero-order valence-electron chi connectivity index (χ0n) is 15.8. The van der Waals surface area contributed by atoms with E-state index in [-0.39, 0.29) is 23.1 Å². The number of benzene rings is 1. The number of fused-ring (bicyclic) bond motifs is 1. The van der Waals surface area contributed by atoms with Crippen molar-refractivity contribution in [3.8, 4) is 17.0 Å². The maximum absolute atomic E-state index is 13.0. The first-order valence-electron chi connectivity index (χ1n) is 8.99. The summed E-state index contributed by atoms with van der Waals surface area (Å²) in [5.74, 6) is -0.420. The molecule has 0 spiro atoms. The molecule has 0 aliphatic carbocycles. The van der Waals surface area contributed by atoms with E-state index in [4.69, 9.17) is 9.47 Å². The third-order valence-electron chi connectivity index (χ3n) is 5.00. The topological polar surface area (TPSA) is 67.0 Å². The van der Waals surface area contributed by atoms with Crippen molar-refractivity contribution in [2.75, 3.05) is 20.3 Å². The number of aryl methyl sites for hydroxylation is 1. The fourth-order valence-electron chi connectivity index (χ4n) is 3.53. The van der Waals surface area contributed by atoms with Crippen LogP contribution >= 0.6 is 0 Å². The number of halogens is 3. The second-order valence-electron chi connectivity index (χ2n) is 7.03. The van der Waals surface area contributed by atoms with Gasteiger partial charge in [0, 0.05) is 17.8 Å². The maximum Gasteiger partial charge on any atom is 0.416 e. The van der Waals surface area contributed by atoms with Crippen LogP contribution in [0.25, 0.3) is 17.5 Å². The summed E-state index contributed by atoms with van der Waals surface area (Å²) in [4.78, 5) is 4.44. The minimum atomic E-state index is -4.53. The molecular weight excluding hydrogens is 387 g/mol. The molecule has 1 aromatic carbocycles. The second-order valence-corrected chi connectivity index (χ2v) is 7.03. The van der Waals surface area contributed by atoms with Gasteiger partial charge in [-0.15, -0.1) is 0 Å². The number of hydrogen-bond acceptors (Lipinski definition) is 5. The number of nitrogens with zero attached hydrogens (tertiary/aromatic N) is 3. The monoisotopic (exact) mass is 406 g/mol. The van der Waals surface area contributed by atoms with Gasteiger partial charge >= 0.3 is 6.18 Å². The minimum Gasteiger partial charge on any atom is -0.507 e. The van der Waals surface area contributed by atoms with Crippen molar-refractivity contribution in [2.45, 2.75) is 19.2 Å². The molecule has 4 rings (SSSR count). The number of aromatic hydroxyl groups is 1. The van der Waals surface area contributed by atoms with Crippen molar-refractivity contribution in [2.24, 2.45) is 11.0 Å². The van der Waals surface area contributed by atoms with Crippen molar-refractivity contribution in [1.82, 2.24) is 4.98 Å². The van der Waals surface area contributed by atoms with Crippen LogP contribution in [0.4, 0.5) is 13.2 Å². The maximum atomic E-state index is 13.0. The van der Waals surface area contributed by atoms with Gasteiger partial charge in [-0.25, -0.2) is 4.98 Å². The summed E-state index contributed by atoms with van der Waals surface area (Å²) in [5, 5.41) is 15.4. The number of phenolic OH excluding ortho intramolecular Hbond substituents is 1. The molecule has 1 fully saturated rings. The summed E-state index contributed by atoms with van der Waals surface area (Å²) in [7, 11) is 1.63. The van der Waals surface area contributed by atoms with E-state index in [0.29, 0.717) is 30.5 Å². The summed E-state index contributed by atoms with van der Waals surface area (Å²) in [5.41, 5.74) is 0.404. The highest BCUT2D eigenvalue weighted by Gasteiger charge is 2.33. The van der Waals surface area contributed by atoms with Crippen LogP contribution in [0.2, 0.25) is 0 Å². The summed E-state index contributed by atoms with van der Waals surface area (Å²) in [6.07, 6.45) is -0.880. The van der Waals surface area contributed by atoms with Gasteiger partial charge in [0.15, 0.2) is 6.21 Å². The van der Waals surface area contributed by atoms with E-state index >= 15 is 0 Å². The summed E-state index contributed by atoms with van der Waals surface area (Å²) >= 11 is 0. The molecule has 2 aromatic rings. The molecule has 9 heteroatoms. The van der Waals surface area contributed by atoms with E-state index in [1.807, 2.05) is 6.21 Å². The third kappa shape index (κ3) is 3.75. The molecule has 2 aliphatic rings. The fraction of sp³-hybridized carbons (Fsp3) is 0.350. The second kappa shape index (κ2) is 7.23. The molecule has 0 bridgehead atoms. The van der Waals surface area contributed by atoms with Crippen LogP contribution in [0.5, 0.6) is 5.75 Å². The summed E-state index contributed by atoms with van der Waals surface area (Å²) in [6, 6.07) is 5.13. The highest BCUT2D eigenvalue weighted by Crippen LogP contribution is 2.38. The van der Waals surface area contributed by atoms with E-state index < -0.39 is 17.5 Å². The lowest BCUT2D eigenvalue weighted by atomic mass is 10.0. The molecule has 152 valence electrons. The molecule has 0 saturated carbocycles. The molecule has 0 radical (unpaired) electrons. The van der Waals surface area contributed by atoms with Crippen LogP contribution in [-0.4, -0.2) is 47.4 Å². The Morgan fingerprint density at radius 1 is 1.28 bits per heavy atom. The lowest BCUT2D eigenvalue weighted by Gasteiger charge is -2.12. The van der Waals surface area contributed by atoms with Crippen LogP contribution in [0.1, 0.15) is 11.1 Å². The smallest absolute Gasteiger partial charge is 0.416 e. The third-order valence-corrected chi connectivity index (χ3v) is 5.00. The van der Waals surface area contributed by atoms with Gasteiger partial charge in [-0.3, -0.25) is 0 Å². The van der Waals surface area contributed by atoms with Gasteiger partial charge in [0.2, 0.25) is 11.7 Å². The quantitative estimate of drug-likeness (QED) is 0.790. The Hall–Kier alpha value is -2.78. The molecular formula is C20H19F3N3O3+. The number of hydrogen-bond donors (Lipinski definition) is 1. The lowest BCUT2D eigenvalue weighted by Crippen LogP contribution is -2.25. The molecule has 2 aliphatic heterocycles. The van der Waals surface area contributed by atoms with Crippen molar-refractivity contribution < 1.29 is 32.4 Å². The first-order valence-corrected chi connectivity index (χ1v) is 8.99. The minimum absolute atomic E-state index is 0.0439. The van der Waals surface area contributed by atoms with Crippen molar-refractivity contribution in [1.29, 1.82) is 0 Å².